The molecule has 0 aliphatic carbocycles. The standard InChI is InChI=1S/C10H11BrN4OS/c1-5-6(2)17-10(13-5)15-9-12-4-7(11)8(14-9)16-3/h4H,1-3H3,(H,12,13,14,15). The summed E-state index contributed by atoms with van der Waals surface area (Å²) in [6.45, 7) is 4.00. The summed E-state index contributed by atoms with van der Waals surface area (Å²) in [6, 6.07) is 0. The van der Waals surface area contributed by atoms with E-state index in [0.29, 0.717) is 11.8 Å². The van der Waals surface area contributed by atoms with Crippen LogP contribution in [0.4, 0.5) is 11.1 Å². The summed E-state index contributed by atoms with van der Waals surface area (Å²) in [5.41, 5.74) is 1.02. The zero-order valence-corrected chi connectivity index (χ0v) is 12.0. The number of nitrogens with zero attached hydrogens (tertiary/aromatic N) is 3. The van der Waals surface area contributed by atoms with E-state index in [0.717, 1.165) is 15.3 Å². The van der Waals surface area contributed by atoms with Gasteiger partial charge in [0.25, 0.3) is 0 Å². The molecular weight excluding hydrogens is 304 g/mol. The first-order valence-corrected chi connectivity index (χ1v) is 6.48. The van der Waals surface area contributed by atoms with E-state index >= 15 is 0 Å². The molecule has 2 aromatic rings. The molecule has 0 aromatic carbocycles. The molecule has 17 heavy (non-hydrogen) atoms. The van der Waals surface area contributed by atoms with Gasteiger partial charge in [-0.25, -0.2) is 9.97 Å². The number of halogens is 1. The first kappa shape index (κ1) is 12.3. The highest BCUT2D eigenvalue weighted by Crippen LogP contribution is 2.26. The molecule has 0 saturated carbocycles. The molecule has 2 heterocycles. The van der Waals surface area contributed by atoms with Gasteiger partial charge in [-0.1, -0.05) is 0 Å². The maximum absolute atomic E-state index is 5.10. The Morgan fingerprint density at radius 1 is 1.35 bits per heavy atom. The number of hydrogen-bond donors (Lipinski definition) is 1. The van der Waals surface area contributed by atoms with E-state index in [1.807, 2.05) is 13.8 Å². The predicted molar refractivity (Wildman–Crippen MR) is 71.2 cm³/mol. The number of ether oxygens (including phenoxy) is 1. The Balaban J connectivity index is 2.24. The van der Waals surface area contributed by atoms with Crippen LogP contribution in [0.1, 0.15) is 10.6 Å². The summed E-state index contributed by atoms with van der Waals surface area (Å²) in [5.74, 6) is 0.964. The summed E-state index contributed by atoms with van der Waals surface area (Å²) in [6.07, 6.45) is 1.64. The second kappa shape index (κ2) is 4.97. The summed E-state index contributed by atoms with van der Waals surface area (Å²) in [7, 11) is 1.56. The summed E-state index contributed by atoms with van der Waals surface area (Å²) < 4.78 is 5.82. The van der Waals surface area contributed by atoms with Crippen LogP contribution >= 0.6 is 27.3 Å². The second-order valence-electron chi connectivity index (χ2n) is 3.34. The fourth-order valence-electron chi connectivity index (χ4n) is 1.18. The monoisotopic (exact) mass is 314 g/mol. The van der Waals surface area contributed by atoms with Gasteiger partial charge in [0.2, 0.25) is 11.8 Å². The van der Waals surface area contributed by atoms with E-state index in [9.17, 15) is 0 Å². The van der Waals surface area contributed by atoms with Crippen LogP contribution < -0.4 is 10.1 Å². The average molecular weight is 315 g/mol. The maximum Gasteiger partial charge on any atom is 0.232 e. The predicted octanol–water partition coefficient (Wildman–Crippen LogP) is 3.06. The van der Waals surface area contributed by atoms with Gasteiger partial charge < -0.3 is 4.74 Å². The number of nitrogens with one attached hydrogen (secondary N) is 1. The molecule has 2 rings (SSSR count). The normalized spacial score (nSPS) is 10.4. The SMILES string of the molecule is COc1nc(Nc2nc(C)c(C)s2)ncc1Br. The molecule has 7 heteroatoms. The second-order valence-corrected chi connectivity index (χ2v) is 5.39. The Hall–Kier alpha value is -1.21. The minimum Gasteiger partial charge on any atom is -0.480 e. The summed E-state index contributed by atoms with van der Waals surface area (Å²) >= 11 is 4.87. The smallest absolute Gasteiger partial charge is 0.232 e. The van der Waals surface area contributed by atoms with Crippen LogP contribution in [-0.2, 0) is 0 Å². The third kappa shape index (κ3) is 2.73. The highest BCUT2D eigenvalue weighted by atomic mass is 79.9. The Kier molecular flexibility index (Phi) is 3.58. The van der Waals surface area contributed by atoms with Crippen molar-refractivity contribution in [2.75, 3.05) is 12.4 Å². The van der Waals surface area contributed by atoms with E-state index in [4.69, 9.17) is 4.74 Å². The Morgan fingerprint density at radius 2 is 2.12 bits per heavy atom. The van der Waals surface area contributed by atoms with Gasteiger partial charge in [-0.2, -0.15) is 4.98 Å². The van der Waals surface area contributed by atoms with Crippen molar-refractivity contribution in [2.45, 2.75) is 13.8 Å². The number of hydrogen-bond acceptors (Lipinski definition) is 6. The van der Waals surface area contributed by atoms with Crippen molar-refractivity contribution in [3.05, 3.63) is 21.2 Å². The van der Waals surface area contributed by atoms with Crippen LogP contribution in [0.3, 0.4) is 0 Å². The lowest BCUT2D eigenvalue weighted by molar-refractivity contribution is 0.394. The van der Waals surface area contributed by atoms with Crippen molar-refractivity contribution in [2.24, 2.45) is 0 Å². The van der Waals surface area contributed by atoms with E-state index < -0.39 is 0 Å². The minimum absolute atomic E-state index is 0.471. The van der Waals surface area contributed by atoms with Crippen LogP contribution in [0.5, 0.6) is 5.88 Å². The third-order valence-electron chi connectivity index (χ3n) is 2.15. The lowest BCUT2D eigenvalue weighted by atomic mass is 10.4. The maximum atomic E-state index is 5.10. The zero-order chi connectivity index (χ0) is 12.4. The van der Waals surface area contributed by atoms with Crippen molar-refractivity contribution in [3.8, 4) is 5.88 Å². The third-order valence-corrected chi connectivity index (χ3v) is 3.68. The van der Waals surface area contributed by atoms with E-state index in [1.54, 1.807) is 24.6 Å². The van der Waals surface area contributed by atoms with Crippen molar-refractivity contribution in [1.82, 2.24) is 15.0 Å². The number of thiazole rings is 1. The van der Waals surface area contributed by atoms with Crippen LogP contribution in [0.25, 0.3) is 0 Å². The Labute approximate surface area is 111 Å². The van der Waals surface area contributed by atoms with Crippen molar-refractivity contribution >= 4 is 38.3 Å². The van der Waals surface area contributed by atoms with Crippen molar-refractivity contribution in [3.63, 3.8) is 0 Å². The van der Waals surface area contributed by atoms with Gasteiger partial charge in [0.1, 0.15) is 0 Å². The van der Waals surface area contributed by atoms with Gasteiger partial charge in [-0.3, -0.25) is 5.32 Å². The van der Waals surface area contributed by atoms with Crippen molar-refractivity contribution < 1.29 is 4.74 Å². The molecule has 1 N–H and O–H groups in total. The summed E-state index contributed by atoms with van der Waals surface area (Å²) in [5, 5.41) is 3.83. The molecule has 0 radical (unpaired) electrons. The number of methoxy groups -OCH3 is 1. The topological polar surface area (TPSA) is 59.9 Å². The lowest BCUT2D eigenvalue weighted by Crippen LogP contribution is -1.99. The van der Waals surface area contributed by atoms with Gasteiger partial charge in [-0.05, 0) is 29.8 Å². The van der Waals surface area contributed by atoms with Crippen LogP contribution in [-0.4, -0.2) is 22.1 Å². The summed E-state index contributed by atoms with van der Waals surface area (Å²) in [4.78, 5) is 13.9. The number of anilines is 2. The molecule has 90 valence electrons. The van der Waals surface area contributed by atoms with Gasteiger partial charge in [0, 0.05) is 4.88 Å². The highest BCUT2D eigenvalue weighted by molar-refractivity contribution is 9.10. The van der Waals surface area contributed by atoms with E-state index in [-0.39, 0.29) is 0 Å². The first-order valence-electron chi connectivity index (χ1n) is 4.87. The first-order chi connectivity index (χ1) is 8.10. The molecule has 2 aromatic heterocycles. The molecule has 0 bridgehead atoms. The highest BCUT2D eigenvalue weighted by Gasteiger charge is 2.08. The minimum atomic E-state index is 0.471. The largest absolute Gasteiger partial charge is 0.480 e. The van der Waals surface area contributed by atoms with Crippen LogP contribution in [0, 0.1) is 13.8 Å². The van der Waals surface area contributed by atoms with Gasteiger partial charge in [0.05, 0.1) is 23.5 Å². The number of aryl methyl sites for hydroxylation is 2. The Morgan fingerprint density at radius 3 is 2.71 bits per heavy atom. The molecule has 0 aliphatic heterocycles. The van der Waals surface area contributed by atoms with Crippen LogP contribution in [0.15, 0.2) is 10.7 Å². The molecule has 0 saturated heterocycles. The Bertz CT molecular complexity index is 524. The van der Waals surface area contributed by atoms with Gasteiger partial charge >= 0.3 is 0 Å². The molecule has 0 fully saturated rings. The van der Waals surface area contributed by atoms with Gasteiger partial charge in [-0.15, -0.1) is 11.3 Å². The van der Waals surface area contributed by atoms with Gasteiger partial charge in [0.15, 0.2) is 5.13 Å². The molecule has 0 unspecified atom stereocenters. The fraction of sp³-hybridized carbons (Fsp3) is 0.300. The van der Waals surface area contributed by atoms with Crippen LogP contribution in [0.2, 0.25) is 0 Å². The molecule has 0 aliphatic rings. The van der Waals surface area contributed by atoms with E-state index in [2.05, 4.69) is 36.2 Å². The number of rotatable bonds is 3. The lowest BCUT2D eigenvalue weighted by Gasteiger charge is -2.04. The molecule has 0 amide bonds. The molecule has 0 atom stereocenters. The molecule has 0 spiro atoms. The number of aromatic nitrogens is 3. The van der Waals surface area contributed by atoms with Crippen molar-refractivity contribution in [1.29, 1.82) is 0 Å². The fourth-order valence-corrected chi connectivity index (χ4v) is 2.34. The quantitative estimate of drug-likeness (QED) is 0.943. The average Bonchev–Trinajstić information content (AvgIpc) is 2.61. The zero-order valence-electron chi connectivity index (χ0n) is 9.61. The van der Waals surface area contributed by atoms with E-state index in [1.165, 1.54) is 4.88 Å². The molecule has 5 nitrogen and oxygen atoms in total. The molecular formula is C10H11BrN4OS.